The van der Waals surface area contributed by atoms with Crippen LogP contribution in [0.15, 0.2) is 48.5 Å². The highest BCUT2D eigenvalue weighted by atomic mass is 16.2. The zero-order valence-corrected chi connectivity index (χ0v) is 13.7. The number of nitrogens with one attached hydrogen (secondary N) is 2. The molecule has 0 saturated carbocycles. The second kappa shape index (κ2) is 7.12. The largest absolute Gasteiger partial charge is 0.374 e. The molecule has 22 heavy (non-hydrogen) atoms. The van der Waals surface area contributed by atoms with Crippen molar-refractivity contribution in [2.24, 2.45) is 0 Å². The average molecular weight is 296 g/mol. The number of carbonyl (C=O) groups is 1. The van der Waals surface area contributed by atoms with Crippen LogP contribution in [0.25, 0.3) is 0 Å². The van der Waals surface area contributed by atoms with Crippen molar-refractivity contribution in [3.63, 3.8) is 0 Å². The van der Waals surface area contributed by atoms with E-state index in [1.165, 1.54) is 11.1 Å². The summed E-state index contributed by atoms with van der Waals surface area (Å²) in [5.74, 6) is 0.374. The zero-order valence-electron chi connectivity index (χ0n) is 13.7. The van der Waals surface area contributed by atoms with E-state index in [2.05, 4.69) is 30.5 Å². The van der Waals surface area contributed by atoms with Gasteiger partial charge >= 0.3 is 0 Å². The summed E-state index contributed by atoms with van der Waals surface area (Å²) >= 11 is 0. The molecule has 116 valence electrons. The van der Waals surface area contributed by atoms with E-state index in [9.17, 15) is 4.79 Å². The Bertz CT molecular complexity index is 632. The van der Waals surface area contributed by atoms with Crippen molar-refractivity contribution in [2.75, 3.05) is 10.6 Å². The van der Waals surface area contributed by atoms with Gasteiger partial charge in [-0.2, -0.15) is 0 Å². The third-order valence-electron chi connectivity index (χ3n) is 3.67. The van der Waals surface area contributed by atoms with Crippen LogP contribution in [0.2, 0.25) is 0 Å². The minimum Gasteiger partial charge on any atom is -0.374 e. The number of hydrogen-bond acceptors (Lipinski definition) is 2. The Hall–Kier alpha value is -2.29. The van der Waals surface area contributed by atoms with Gasteiger partial charge in [0.25, 0.3) is 0 Å². The number of carbonyl (C=O) groups excluding carboxylic acids is 1. The van der Waals surface area contributed by atoms with Crippen LogP contribution in [0, 0.1) is 6.92 Å². The molecule has 0 spiro atoms. The summed E-state index contributed by atoms with van der Waals surface area (Å²) in [5.41, 5.74) is 4.23. The molecule has 0 fully saturated rings. The van der Waals surface area contributed by atoms with Gasteiger partial charge in [-0.15, -0.1) is 0 Å². The van der Waals surface area contributed by atoms with Crippen molar-refractivity contribution in [2.45, 2.75) is 39.7 Å². The van der Waals surface area contributed by atoms with Gasteiger partial charge in [0.2, 0.25) is 5.91 Å². The molecule has 2 N–H and O–H groups in total. The van der Waals surface area contributed by atoms with E-state index < -0.39 is 0 Å². The molecule has 0 saturated heterocycles. The fourth-order valence-corrected chi connectivity index (χ4v) is 2.32. The molecule has 0 heterocycles. The van der Waals surface area contributed by atoms with Gasteiger partial charge in [-0.25, -0.2) is 0 Å². The molecule has 1 unspecified atom stereocenters. The van der Waals surface area contributed by atoms with Gasteiger partial charge in [-0.1, -0.05) is 49.7 Å². The summed E-state index contributed by atoms with van der Waals surface area (Å²) < 4.78 is 0. The molecule has 0 aliphatic rings. The lowest BCUT2D eigenvalue weighted by Gasteiger charge is -2.19. The molecule has 0 aliphatic carbocycles. The molecule has 2 rings (SSSR count). The number of rotatable bonds is 5. The van der Waals surface area contributed by atoms with E-state index in [1.54, 1.807) is 0 Å². The smallest absolute Gasteiger partial charge is 0.246 e. The fourth-order valence-electron chi connectivity index (χ4n) is 2.32. The van der Waals surface area contributed by atoms with Crippen molar-refractivity contribution in [3.8, 4) is 0 Å². The number of hydrogen-bond donors (Lipinski definition) is 2. The third-order valence-corrected chi connectivity index (χ3v) is 3.67. The number of aryl methyl sites for hydroxylation is 1. The summed E-state index contributed by atoms with van der Waals surface area (Å²) in [5, 5.41) is 6.25. The minimum absolute atomic E-state index is 0.0394. The number of benzene rings is 2. The lowest BCUT2D eigenvalue weighted by molar-refractivity contribution is -0.116. The monoisotopic (exact) mass is 296 g/mol. The number of para-hydroxylation sites is 1. The van der Waals surface area contributed by atoms with E-state index in [0.717, 1.165) is 11.4 Å². The van der Waals surface area contributed by atoms with Gasteiger partial charge in [-0.3, -0.25) is 4.79 Å². The predicted octanol–water partition coefficient (Wildman–Crippen LogP) is 4.56. The highest BCUT2D eigenvalue weighted by Gasteiger charge is 2.15. The molecular weight excluding hydrogens is 272 g/mol. The van der Waals surface area contributed by atoms with Gasteiger partial charge in [0.15, 0.2) is 0 Å². The quantitative estimate of drug-likeness (QED) is 0.849. The molecule has 0 radical (unpaired) electrons. The van der Waals surface area contributed by atoms with Gasteiger partial charge in [0, 0.05) is 11.4 Å². The Labute approximate surface area is 132 Å². The Morgan fingerprint density at radius 3 is 2.23 bits per heavy atom. The van der Waals surface area contributed by atoms with E-state index in [4.69, 9.17) is 0 Å². The average Bonchev–Trinajstić information content (AvgIpc) is 2.49. The van der Waals surface area contributed by atoms with Crippen molar-refractivity contribution < 1.29 is 4.79 Å². The first-order chi connectivity index (χ1) is 10.5. The Morgan fingerprint density at radius 1 is 0.955 bits per heavy atom. The molecule has 3 heteroatoms. The van der Waals surface area contributed by atoms with Gasteiger partial charge in [0.05, 0.1) is 0 Å². The SMILES string of the molecule is Cc1ccc(NC(=O)C(C)Nc2ccccc2C(C)C)cc1. The Balaban J connectivity index is 2.04. The maximum atomic E-state index is 12.3. The molecule has 3 nitrogen and oxygen atoms in total. The second-order valence-corrected chi connectivity index (χ2v) is 5.96. The van der Waals surface area contributed by atoms with Crippen LogP contribution < -0.4 is 10.6 Å². The van der Waals surface area contributed by atoms with Gasteiger partial charge < -0.3 is 10.6 Å². The van der Waals surface area contributed by atoms with Crippen LogP contribution in [-0.4, -0.2) is 11.9 Å². The van der Waals surface area contributed by atoms with Crippen molar-refractivity contribution in [1.82, 2.24) is 0 Å². The first-order valence-corrected chi connectivity index (χ1v) is 7.70. The van der Waals surface area contributed by atoms with Crippen LogP contribution in [0.3, 0.4) is 0 Å². The molecule has 0 bridgehead atoms. The summed E-state index contributed by atoms with van der Waals surface area (Å²) in [6.07, 6.45) is 0. The Kier molecular flexibility index (Phi) is 5.21. The van der Waals surface area contributed by atoms with E-state index >= 15 is 0 Å². The topological polar surface area (TPSA) is 41.1 Å². The maximum Gasteiger partial charge on any atom is 0.246 e. The lowest BCUT2D eigenvalue weighted by Crippen LogP contribution is -2.32. The van der Waals surface area contributed by atoms with Crippen LogP contribution in [0.1, 0.15) is 37.8 Å². The zero-order chi connectivity index (χ0) is 16.1. The molecule has 0 aliphatic heterocycles. The lowest BCUT2D eigenvalue weighted by atomic mass is 10.0. The molecule has 1 amide bonds. The first kappa shape index (κ1) is 16.1. The van der Waals surface area contributed by atoms with Gasteiger partial charge in [-0.05, 0) is 43.5 Å². The Morgan fingerprint density at radius 2 is 1.59 bits per heavy atom. The molecule has 2 aromatic carbocycles. The van der Waals surface area contributed by atoms with E-state index in [0.29, 0.717) is 5.92 Å². The van der Waals surface area contributed by atoms with Crippen molar-refractivity contribution >= 4 is 17.3 Å². The fraction of sp³-hybridized carbons (Fsp3) is 0.316. The molecular formula is C19H24N2O. The highest BCUT2D eigenvalue weighted by Crippen LogP contribution is 2.24. The van der Waals surface area contributed by atoms with Crippen molar-refractivity contribution in [3.05, 3.63) is 59.7 Å². The van der Waals surface area contributed by atoms with E-state index in [-0.39, 0.29) is 11.9 Å². The maximum absolute atomic E-state index is 12.3. The standard InChI is InChI=1S/C19H24N2O/c1-13(2)17-7-5-6-8-18(17)20-15(4)19(22)21-16-11-9-14(3)10-12-16/h5-13,15,20H,1-4H3,(H,21,22). The normalized spacial score (nSPS) is 12.0. The number of anilines is 2. The van der Waals surface area contributed by atoms with Crippen LogP contribution in [0.4, 0.5) is 11.4 Å². The molecule has 1 atom stereocenters. The van der Waals surface area contributed by atoms with Crippen LogP contribution >= 0.6 is 0 Å². The van der Waals surface area contributed by atoms with E-state index in [1.807, 2.05) is 56.3 Å². The van der Waals surface area contributed by atoms with Crippen LogP contribution in [0.5, 0.6) is 0 Å². The molecule has 2 aromatic rings. The highest BCUT2D eigenvalue weighted by molar-refractivity contribution is 5.96. The second-order valence-electron chi connectivity index (χ2n) is 5.96. The summed E-state index contributed by atoms with van der Waals surface area (Å²) in [4.78, 5) is 12.3. The number of amides is 1. The summed E-state index contributed by atoms with van der Waals surface area (Å²) in [7, 11) is 0. The predicted molar refractivity (Wildman–Crippen MR) is 93.4 cm³/mol. The van der Waals surface area contributed by atoms with Gasteiger partial charge in [0.1, 0.15) is 6.04 Å². The van der Waals surface area contributed by atoms with Crippen molar-refractivity contribution in [1.29, 1.82) is 0 Å². The third kappa shape index (κ3) is 4.10. The summed E-state index contributed by atoms with van der Waals surface area (Å²) in [6, 6.07) is 15.6. The minimum atomic E-state index is -0.304. The summed E-state index contributed by atoms with van der Waals surface area (Å²) in [6.45, 7) is 8.20. The molecule has 0 aromatic heterocycles. The van der Waals surface area contributed by atoms with Crippen LogP contribution in [-0.2, 0) is 4.79 Å². The first-order valence-electron chi connectivity index (χ1n) is 7.70.